The fourth-order valence-corrected chi connectivity index (χ4v) is 6.07. The van der Waals surface area contributed by atoms with Crippen LogP contribution in [-0.4, -0.2) is 41.7 Å². The van der Waals surface area contributed by atoms with Crippen molar-refractivity contribution in [1.29, 1.82) is 0 Å². The van der Waals surface area contributed by atoms with E-state index in [2.05, 4.69) is 15.3 Å². The fraction of sp³-hybridized carbons (Fsp3) is 0.375. The summed E-state index contributed by atoms with van der Waals surface area (Å²) in [6.45, 7) is 2.05. The molecule has 2 aromatic heterocycles. The molecule has 178 valence electrons. The lowest BCUT2D eigenvalue weighted by atomic mass is 10.0. The van der Waals surface area contributed by atoms with Crippen LogP contribution in [0.4, 0.5) is 10.2 Å². The van der Waals surface area contributed by atoms with E-state index in [0.29, 0.717) is 31.1 Å². The number of hydrogen-bond donors (Lipinski definition) is 2. The Labute approximate surface area is 196 Å². The van der Waals surface area contributed by atoms with Crippen LogP contribution in [0.2, 0.25) is 0 Å². The molecule has 0 radical (unpaired) electrons. The molecule has 1 saturated carbocycles. The summed E-state index contributed by atoms with van der Waals surface area (Å²) >= 11 is 0. The first-order chi connectivity index (χ1) is 16.2. The van der Waals surface area contributed by atoms with Crippen molar-refractivity contribution < 1.29 is 22.7 Å². The number of carbonyl (C=O) groups excluding carboxylic acids is 1. The Morgan fingerprint density at radius 3 is 2.62 bits per heavy atom. The van der Waals surface area contributed by atoms with Gasteiger partial charge in [-0.1, -0.05) is 18.6 Å². The number of rotatable bonds is 4. The van der Waals surface area contributed by atoms with Crippen molar-refractivity contribution in [2.75, 3.05) is 16.6 Å². The monoisotopic (exact) mass is 484 g/mol. The van der Waals surface area contributed by atoms with Gasteiger partial charge in [0.1, 0.15) is 11.3 Å². The van der Waals surface area contributed by atoms with Crippen LogP contribution in [0, 0.1) is 12.7 Å². The Bertz CT molecular complexity index is 1390. The number of aromatic hydroxyl groups is 1. The van der Waals surface area contributed by atoms with Gasteiger partial charge in [-0.3, -0.25) is 14.1 Å². The summed E-state index contributed by atoms with van der Waals surface area (Å²) in [5, 5.41) is 14.2. The van der Waals surface area contributed by atoms with Crippen LogP contribution in [0.15, 0.2) is 36.5 Å². The number of carbonyl (C=O) groups is 1. The van der Waals surface area contributed by atoms with Crippen LogP contribution in [-0.2, 0) is 15.6 Å². The maximum absolute atomic E-state index is 13.4. The van der Waals surface area contributed by atoms with E-state index in [9.17, 15) is 22.7 Å². The first-order valence-corrected chi connectivity index (χ1v) is 12.9. The van der Waals surface area contributed by atoms with Crippen LogP contribution in [0.5, 0.6) is 5.75 Å². The quantitative estimate of drug-likeness (QED) is 0.586. The molecule has 1 amide bonds. The van der Waals surface area contributed by atoms with Gasteiger partial charge in [-0.25, -0.2) is 17.8 Å². The van der Waals surface area contributed by atoms with E-state index < -0.39 is 27.2 Å². The lowest BCUT2D eigenvalue weighted by Crippen LogP contribution is -2.37. The predicted molar refractivity (Wildman–Crippen MR) is 126 cm³/mol. The van der Waals surface area contributed by atoms with Crippen molar-refractivity contribution in [3.05, 3.63) is 59.2 Å². The molecule has 3 aromatic rings. The number of nitrogens with one attached hydrogen (secondary N) is 1. The summed E-state index contributed by atoms with van der Waals surface area (Å²) in [4.78, 5) is 22.0. The minimum Gasteiger partial charge on any atom is -0.504 e. The number of pyridine rings is 2. The number of amides is 1. The Morgan fingerprint density at radius 1 is 1.18 bits per heavy atom. The first kappa shape index (κ1) is 22.5. The zero-order valence-electron chi connectivity index (χ0n) is 18.7. The second-order valence-corrected chi connectivity index (χ2v) is 11.0. The highest BCUT2D eigenvalue weighted by atomic mass is 32.2. The molecular formula is C24H25FN4O4S. The summed E-state index contributed by atoms with van der Waals surface area (Å²) in [5.41, 5.74) is 0.682. The van der Waals surface area contributed by atoms with Crippen molar-refractivity contribution in [2.45, 2.75) is 44.6 Å². The van der Waals surface area contributed by atoms with Gasteiger partial charge >= 0.3 is 0 Å². The molecule has 3 heterocycles. The molecule has 1 saturated heterocycles. The summed E-state index contributed by atoms with van der Waals surface area (Å²) in [6.07, 6.45) is 4.85. The molecule has 2 N–H and O–H groups in total. The highest BCUT2D eigenvalue weighted by Crippen LogP contribution is 2.46. The topological polar surface area (TPSA) is 112 Å². The highest BCUT2D eigenvalue weighted by molar-refractivity contribution is 7.92. The van der Waals surface area contributed by atoms with Gasteiger partial charge in [-0.2, -0.15) is 0 Å². The lowest BCUT2D eigenvalue weighted by molar-refractivity contribution is 0.0923. The molecule has 0 bridgehead atoms. The Balaban J connectivity index is 1.60. The third-order valence-corrected chi connectivity index (χ3v) is 8.31. The summed E-state index contributed by atoms with van der Waals surface area (Å²) in [5.74, 6) is -1.33. The van der Waals surface area contributed by atoms with Gasteiger partial charge < -0.3 is 10.4 Å². The van der Waals surface area contributed by atoms with E-state index in [0.717, 1.165) is 17.5 Å². The van der Waals surface area contributed by atoms with Crippen molar-refractivity contribution in [3.8, 4) is 5.75 Å². The van der Waals surface area contributed by atoms with Crippen molar-refractivity contribution in [2.24, 2.45) is 0 Å². The Hall–Kier alpha value is -3.27. The molecule has 1 aliphatic heterocycles. The van der Waals surface area contributed by atoms with Crippen LogP contribution in [0.1, 0.15) is 53.7 Å². The van der Waals surface area contributed by atoms with Crippen LogP contribution in [0.3, 0.4) is 0 Å². The molecule has 1 aliphatic carbocycles. The SMILES string of the molecule is Cc1cnc2c(O)c(C(=O)NC3(c4ccc(F)cc4)CC3)nc(N3CCCCCS3(=O)=O)c2c1. The van der Waals surface area contributed by atoms with Gasteiger partial charge in [0, 0.05) is 18.1 Å². The molecule has 2 fully saturated rings. The average molecular weight is 485 g/mol. The normalized spacial score (nSPS) is 18.9. The van der Waals surface area contributed by atoms with Crippen LogP contribution >= 0.6 is 0 Å². The minimum absolute atomic E-state index is 0.00843. The number of aromatic nitrogens is 2. The van der Waals surface area contributed by atoms with Crippen LogP contribution in [0.25, 0.3) is 10.9 Å². The fourth-order valence-electron chi connectivity index (χ4n) is 4.47. The van der Waals surface area contributed by atoms with Crippen molar-refractivity contribution in [3.63, 3.8) is 0 Å². The summed E-state index contributed by atoms with van der Waals surface area (Å²) < 4.78 is 40.7. The number of aryl methyl sites for hydroxylation is 1. The highest BCUT2D eigenvalue weighted by Gasteiger charge is 2.46. The van der Waals surface area contributed by atoms with E-state index in [-0.39, 0.29) is 35.1 Å². The van der Waals surface area contributed by atoms with Gasteiger partial charge in [0.05, 0.1) is 11.3 Å². The third-order valence-electron chi connectivity index (χ3n) is 6.48. The van der Waals surface area contributed by atoms with E-state index in [1.54, 1.807) is 24.4 Å². The van der Waals surface area contributed by atoms with E-state index in [4.69, 9.17) is 0 Å². The van der Waals surface area contributed by atoms with Crippen LogP contribution < -0.4 is 9.62 Å². The molecule has 34 heavy (non-hydrogen) atoms. The Morgan fingerprint density at radius 2 is 1.91 bits per heavy atom. The smallest absolute Gasteiger partial charge is 0.274 e. The molecule has 5 rings (SSSR count). The molecule has 0 atom stereocenters. The standard InChI is InChI=1S/C24H25FN4O4S/c1-15-13-18-19(26-14-15)21(30)20(27-22(18)29-11-3-2-4-12-34(29,32)33)23(31)28-24(9-10-24)16-5-7-17(25)8-6-16/h5-8,13-14,30H,2-4,9-12H2,1H3,(H,28,31). The van der Waals surface area contributed by atoms with Crippen molar-refractivity contribution >= 4 is 32.7 Å². The van der Waals surface area contributed by atoms with E-state index in [1.807, 2.05) is 6.92 Å². The minimum atomic E-state index is -3.65. The Kier molecular flexibility index (Phi) is 5.43. The summed E-state index contributed by atoms with van der Waals surface area (Å²) in [6, 6.07) is 7.63. The summed E-state index contributed by atoms with van der Waals surface area (Å²) in [7, 11) is -3.65. The maximum Gasteiger partial charge on any atom is 0.274 e. The van der Waals surface area contributed by atoms with E-state index >= 15 is 0 Å². The molecular weight excluding hydrogens is 459 g/mol. The number of sulfonamides is 1. The predicted octanol–water partition coefficient (Wildman–Crippen LogP) is 3.52. The molecule has 0 spiro atoms. The van der Waals surface area contributed by atoms with Gasteiger partial charge in [-0.15, -0.1) is 0 Å². The van der Waals surface area contributed by atoms with Crippen molar-refractivity contribution in [1.82, 2.24) is 15.3 Å². The van der Waals surface area contributed by atoms with E-state index in [1.165, 1.54) is 16.4 Å². The average Bonchev–Trinajstić information content (AvgIpc) is 3.59. The second kappa shape index (κ2) is 8.19. The number of hydrogen-bond acceptors (Lipinski definition) is 6. The molecule has 0 unspecified atom stereocenters. The van der Waals surface area contributed by atoms with Gasteiger partial charge in [0.25, 0.3) is 5.91 Å². The molecule has 10 heteroatoms. The third kappa shape index (κ3) is 3.96. The molecule has 8 nitrogen and oxygen atoms in total. The zero-order chi connectivity index (χ0) is 24.1. The lowest BCUT2D eigenvalue weighted by Gasteiger charge is -2.24. The number of halogens is 1. The second-order valence-electron chi connectivity index (χ2n) is 9.03. The number of fused-ring (bicyclic) bond motifs is 1. The maximum atomic E-state index is 13.4. The number of nitrogens with zero attached hydrogens (tertiary/aromatic N) is 3. The number of anilines is 1. The molecule has 1 aromatic carbocycles. The first-order valence-electron chi connectivity index (χ1n) is 11.3. The van der Waals surface area contributed by atoms with Gasteiger partial charge in [0.2, 0.25) is 10.0 Å². The van der Waals surface area contributed by atoms with Gasteiger partial charge in [0.15, 0.2) is 17.3 Å². The molecule has 2 aliphatic rings. The number of benzene rings is 1. The van der Waals surface area contributed by atoms with Gasteiger partial charge in [-0.05, 0) is 61.9 Å². The zero-order valence-corrected chi connectivity index (χ0v) is 19.5. The largest absolute Gasteiger partial charge is 0.504 e.